The van der Waals surface area contributed by atoms with Gasteiger partial charge in [-0.2, -0.15) is 0 Å². The molecule has 0 saturated carbocycles. The van der Waals surface area contributed by atoms with Gasteiger partial charge in [-0.15, -0.1) is 11.3 Å². The Morgan fingerprint density at radius 2 is 1.85 bits per heavy atom. The molecule has 0 aliphatic heterocycles. The second-order valence-electron chi connectivity index (χ2n) is 5.23. The fourth-order valence-electron chi connectivity index (χ4n) is 1.73. The highest BCUT2D eigenvalue weighted by Crippen LogP contribution is 2.22. The van der Waals surface area contributed by atoms with Crippen LogP contribution in [0.25, 0.3) is 0 Å². The molecule has 2 N–H and O–H groups in total. The maximum absolute atomic E-state index is 12.0. The highest BCUT2D eigenvalue weighted by atomic mass is 32.1. The summed E-state index contributed by atoms with van der Waals surface area (Å²) in [7, 11) is 0. The molecule has 0 spiro atoms. The van der Waals surface area contributed by atoms with Crippen molar-refractivity contribution in [3.05, 3.63) is 21.4 Å². The molecule has 0 radical (unpaired) electrons. The molecule has 5 nitrogen and oxygen atoms in total. The van der Waals surface area contributed by atoms with Gasteiger partial charge >= 0.3 is 5.97 Å². The molecular formula is C14H19NO4S. The third-order valence-electron chi connectivity index (χ3n) is 2.91. The molecule has 1 amide bonds. The topological polar surface area (TPSA) is 83.5 Å². The van der Waals surface area contributed by atoms with Crippen LogP contribution < -0.4 is 5.32 Å². The SMILES string of the molecule is Cc1cc(C(=O)CCC(=O)NC(C)(C)C(=O)O)c(C)s1. The zero-order valence-electron chi connectivity index (χ0n) is 12.1. The normalized spacial score (nSPS) is 11.2. The van der Waals surface area contributed by atoms with Gasteiger partial charge < -0.3 is 10.4 Å². The summed E-state index contributed by atoms with van der Waals surface area (Å²) in [5, 5.41) is 11.3. The van der Waals surface area contributed by atoms with Crippen LogP contribution in [0.3, 0.4) is 0 Å². The van der Waals surface area contributed by atoms with Gasteiger partial charge in [-0.3, -0.25) is 9.59 Å². The Balaban J connectivity index is 2.56. The van der Waals surface area contributed by atoms with E-state index in [0.29, 0.717) is 5.56 Å². The number of thiophene rings is 1. The quantitative estimate of drug-likeness (QED) is 0.789. The van der Waals surface area contributed by atoms with Crippen molar-refractivity contribution in [2.24, 2.45) is 0 Å². The number of carbonyl (C=O) groups excluding carboxylic acids is 2. The first kappa shape index (κ1) is 16.4. The number of aliphatic carboxylic acids is 1. The van der Waals surface area contributed by atoms with E-state index in [4.69, 9.17) is 5.11 Å². The van der Waals surface area contributed by atoms with E-state index in [1.54, 1.807) is 11.3 Å². The third-order valence-corrected chi connectivity index (χ3v) is 3.87. The summed E-state index contributed by atoms with van der Waals surface area (Å²) < 4.78 is 0. The van der Waals surface area contributed by atoms with E-state index in [0.717, 1.165) is 9.75 Å². The lowest BCUT2D eigenvalue weighted by Crippen LogP contribution is -2.49. The molecule has 0 atom stereocenters. The van der Waals surface area contributed by atoms with Gasteiger partial charge in [0.1, 0.15) is 5.54 Å². The lowest BCUT2D eigenvalue weighted by molar-refractivity contribution is -0.146. The van der Waals surface area contributed by atoms with Gasteiger partial charge in [0.15, 0.2) is 5.78 Å². The number of carboxylic acid groups (broad SMARTS) is 1. The lowest BCUT2D eigenvalue weighted by atomic mass is 10.0. The Bertz CT molecular complexity index is 545. The van der Waals surface area contributed by atoms with Crippen molar-refractivity contribution in [2.75, 3.05) is 0 Å². The first-order chi connectivity index (χ1) is 9.13. The summed E-state index contributed by atoms with van der Waals surface area (Å²) >= 11 is 1.55. The molecule has 0 fully saturated rings. The highest BCUT2D eigenvalue weighted by molar-refractivity contribution is 7.12. The predicted octanol–water partition coefficient (Wildman–Crippen LogP) is 2.31. The van der Waals surface area contributed by atoms with Crippen molar-refractivity contribution >= 4 is 29.0 Å². The number of carbonyl (C=O) groups is 3. The monoisotopic (exact) mass is 297 g/mol. The Hall–Kier alpha value is -1.69. The summed E-state index contributed by atoms with van der Waals surface area (Å²) in [6.07, 6.45) is 0.0718. The Morgan fingerprint density at radius 1 is 1.25 bits per heavy atom. The van der Waals surface area contributed by atoms with Gasteiger partial charge in [0, 0.05) is 28.2 Å². The average molecular weight is 297 g/mol. The molecule has 6 heteroatoms. The number of carboxylic acids is 1. The first-order valence-electron chi connectivity index (χ1n) is 6.28. The minimum absolute atomic E-state index is 0.0100. The van der Waals surface area contributed by atoms with E-state index < -0.39 is 17.4 Å². The van der Waals surface area contributed by atoms with Gasteiger partial charge in [-0.1, -0.05) is 0 Å². The van der Waals surface area contributed by atoms with Crippen LogP contribution in [0.4, 0.5) is 0 Å². The maximum atomic E-state index is 12.0. The van der Waals surface area contributed by atoms with E-state index in [2.05, 4.69) is 5.32 Å². The Morgan fingerprint density at radius 3 is 2.30 bits per heavy atom. The highest BCUT2D eigenvalue weighted by Gasteiger charge is 2.28. The molecule has 1 aromatic heterocycles. The van der Waals surface area contributed by atoms with Crippen molar-refractivity contribution < 1.29 is 19.5 Å². The minimum Gasteiger partial charge on any atom is -0.480 e. The van der Waals surface area contributed by atoms with Gasteiger partial charge in [0.05, 0.1) is 0 Å². The standard InChI is InChI=1S/C14H19NO4S/c1-8-7-10(9(2)20-8)11(16)5-6-12(17)15-14(3,4)13(18)19/h7H,5-6H2,1-4H3,(H,15,17)(H,18,19). The number of Topliss-reactive ketones (excluding diaryl/α,β-unsaturated/α-hetero) is 1. The summed E-state index contributed by atoms with van der Waals surface area (Å²) in [5.41, 5.74) is -0.674. The number of rotatable bonds is 6. The van der Waals surface area contributed by atoms with Crippen LogP contribution in [0.2, 0.25) is 0 Å². The van der Waals surface area contributed by atoms with Crippen molar-refractivity contribution in [1.82, 2.24) is 5.32 Å². The van der Waals surface area contributed by atoms with Gasteiger partial charge in [0.2, 0.25) is 5.91 Å². The molecule has 0 aliphatic rings. The van der Waals surface area contributed by atoms with E-state index in [9.17, 15) is 14.4 Å². The molecule has 0 aromatic carbocycles. The van der Waals surface area contributed by atoms with E-state index in [-0.39, 0.29) is 18.6 Å². The molecule has 1 aromatic rings. The van der Waals surface area contributed by atoms with Crippen LogP contribution in [-0.4, -0.2) is 28.3 Å². The summed E-state index contributed by atoms with van der Waals surface area (Å²) in [6.45, 7) is 6.61. The van der Waals surface area contributed by atoms with E-state index in [1.807, 2.05) is 19.9 Å². The number of nitrogens with one attached hydrogen (secondary N) is 1. The number of aryl methyl sites for hydroxylation is 2. The molecule has 0 bridgehead atoms. The zero-order valence-corrected chi connectivity index (χ0v) is 12.9. The number of hydrogen-bond donors (Lipinski definition) is 2. The van der Waals surface area contributed by atoms with E-state index >= 15 is 0 Å². The van der Waals surface area contributed by atoms with Crippen molar-refractivity contribution in [2.45, 2.75) is 46.1 Å². The van der Waals surface area contributed by atoms with Crippen LogP contribution in [0, 0.1) is 13.8 Å². The molecular weight excluding hydrogens is 278 g/mol. The summed E-state index contributed by atoms with van der Waals surface area (Å²) in [5.74, 6) is -1.63. The van der Waals surface area contributed by atoms with Crippen LogP contribution in [0.5, 0.6) is 0 Å². The van der Waals surface area contributed by atoms with Crippen LogP contribution >= 0.6 is 11.3 Å². The molecule has 1 heterocycles. The number of hydrogen-bond acceptors (Lipinski definition) is 4. The van der Waals surface area contributed by atoms with E-state index in [1.165, 1.54) is 13.8 Å². The maximum Gasteiger partial charge on any atom is 0.328 e. The summed E-state index contributed by atoms with van der Waals surface area (Å²) in [4.78, 5) is 36.5. The van der Waals surface area contributed by atoms with Crippen LogP contribution in [-0.2, 0) is 9.59 Å². The van der Waals surface area contributed by atoms with Gasteiger partial charge in [-0.05, 0) is 33.8 Å². The van der Waals surface area contributed by atoms with Crippen LogP contribution in [0.1, 0.15) is 46.8 Å². The first-order valence-corrected chi connectivity index (χ1v) is 7.10. The number of ketones is 1. The second kappa shape index (κ2) is 6.17. The predicted molar refractivity (Wildman–Crippen MR) is 77.2 cm³/mol. The number of amides is 1. The van der Waals surface area contributed by atoms with Crippen molar-refractivity contribution in [1.29, 1.82) is 0 Å². The van der Waals surface area contributed by atoms with Crippen molar-refractivity contribution in [3.8, 4) is 0 Å². The molecule has 1 rings (SSSR count). The fourth-order valence-corrected chi connectivity index (χ4v) is 2.68. The minimum atomic E-state index is -1.32. The smallest absolute Gasteiger partial charge is 0.328 e. The molecule has 110 valence electrons. The largest absolute Gasteiger partial charge is 0.480 e. The summed E-state index contributed by atoms with van der Waals surface area (Å²) in [6, 6.07) is 1.82. The lowest BCUT2D eigenvalue weighted by Gasteiger charge is -2.20. The molecule has 0 aliphatic carbocycles. The molecule has 20 heavy (non-hydrogen) atoms. The Kier molecular flexibility index (Phi) is 5.05. The van der Waals surface area contributed by atoms with Gasteiger partial charge in [-0.25, -0.2) is 4.79 Å². The fraction of sp³-hybridized carbons (Fsp3) is 0.500. The molecule has 0 saturated heterocycles. The van der Waals surface area contributed by atoms with Gasteiger partial charge in [0.25, 0.3) is 0 Å². The van der Waals surface area contributed by atoms with Crippen LogP contribution in [0.15, 0.2) is 6.07 Å². The average Bonchev–Trinajstić information content (AvgIpc) is 2.64. The second-order valence-corrected chi connectivity index (χ2v) is 6.69. The Labute approximate surface area is 122 Å². The zero-order chi connectivity index (χ0) is 15.5. The van der Waals surface area contributed by atoms with Crippen molar-refractivity contribution in [3.63, 3.8) is 0 Å². The molecule has 0 unspecified atom stereocenters. The third kappa shape index (κ3) is 4.16.